The van der Waals surface area contributed by atoms with Gasteiger partial charge in [0.1, 0.15) is 11.5 Å². The number of nitrogens with zero attached hydrogens (tertiary/aromatic N) is 1. The molecule has 0 bridgehead atoms. The Labute approximate surface area is 236 Å². The molecule has 1 heterocycles. The van der Waals surface area contributed by atoms with Gasteiger partial charge >= 0.3 is 0 Å². The van der Waals surface area contributed by atoms with E-state index < -0.39 is 0 Å². The summed E-state index contributed by atoms with van der Waals surface area (Å²) in [6.07, 6.45) is 0. The van der Waals surface area contributed by atoms with Gasteiger partial charge in [-0.2, -0.15) is 0 Å². The highest BCUT2D eigenvalue weighted by Gasteiger charge is 2.20. The Balaban J connectivity index is 1.48. The second-order valence-electron chi connectivity index (χ2n) is 10.5. The molecule has 0 radical (unpaired) electrons. The Bertz CT molecular complexity index is 2130. The molecule has 7 aromatic carbocycles. The molecule has 0 saturated carbocycles. The minimum Gasteiger partial charge on any atom is -0.507 e. The molecule has 0 spiro atoms. The van der Waals surface area contributed by atoms with Crippen molar-refractivity contribution in [3.8, 4) is 39.4 Å². The van der Waals surface area contributed by atoms with Gasteiger partial charge in [0.2, 0.25) is 0 Å². The van der Waals surface area contributed by atoms with Gasteiger partial charge in [0.05, 0.1) is 11.0 Å². The average Bonchev–Trinajstić information content (AvgIpc) is 3.32. The number of fused-ring (bicyclic) bond motifs is 5. The standard InChI is InChI=1S/C38H25NO2/c40-37-22-31-32-23-38(41)34(30-19-9-13-25-11-5-7-17-28(25)30)21-36(32)39(26-14-2-1-3-15-26)35(31)20-33(37)29-18-8-12-24-10-4-6-16-27(24)29/h1-23,40-41H. The lowest BCUT2D eigenvalue weighted by Gasteiger charge is -2.13. The van der Waals surface area contributed by atoms with Crippen LogP contribution in [0, 0.1) is 0 Å². The Morgan fingerprint density at radius 3 is 1.32 bits per heavy atom. The Hall–Kier alpha value is -5.54. The first kappa shape index (κ1) is 23.4. The molecule has 2 N–H and O–H groups in total. The molecular formula is C38H25NO2. The molecule has 0 amide bonds. The largest absolute Gasteiger partial charge is 0.507 e. The van der Waals surface area contributed by atoms with Crippen LogP contribution in [0.1, 0.15) is 0 Å². The van der Waals surface area contributed by atoms with E-state index in [9.17, 15) is 10.2 Å². The summed E-state index contributed by atoms with van der Waals surface area (Å²) < 4.78 is 2.23. The van der Waals surface area contributed by atoms with E-state index in [0.29, 0.717) is 0 Å². The highest BCUT2D eigenvalue weighted by atomic mass is 16.3. The van der Waals surface area contributed by atoms with Gasteiger partial charge in [0, 0.05) is 27.6 Å². The third-order valence-electron chi connectivity index (χ3n) is 8.17. The maximum atomic E-state index is 11.4. The van der Waals surface area contributed by atoms with Crippen molar-refractivity contribution in [3.63, 3.8) is 0 Å². The first-order chi connectivity index (χ1) is 20.2. The number of aromatic hydroxyl groups is 2. The van der Waals surface area contributed by atoms with E-state index in [-0.39, 0.29) is 11.5 Å². The predicted molar refractivity (Wildman–Crippen MR) is 170 cm³/mol. The van der Waals surface area contributed by atoms with Gasteiger partial charge in [-0.3, -0.25) is 0 Å². The van der Waals surface area contributed by atoms with Gasteiger partial charge in [-0.25, -0.2) is 0 Å². The van der Waals surface area contributed by atoms with Crippen molar-refractivity contribution >= 4 is 43.4 Å². The SMILES string of the molecule is Oc1cc2c3cc(O)c(-c4cccc5ccccc45)cc3n(-c3ccccc3)c2cc1-c1cccc2ccccc12. The second kappa shape index (κ2) is 9.00. The van der Waals surface area contributed by atoms with E-state index in [2.05, 4.69) is 77.4 Å². The summed E-state index contributed by atoms with van der Waals surface area (Å²) in [5.41, 5.74) is 6.43. The van der Waals surface area contributed by atoms with Crippen molar-refractivity contribution < 1.29 is 10.2 Å². The fourth-order valence-electron chi connectivity index (χ4n) is 6.29. The lowest BCUT2D eigenvalue weighted by atomic mass is 9.95. The molecule has 1 aromatic heterocycles. The number of phenolic OH excluding ortho intramolecular Hbond substituents is 2. The van der Waals surface area contributed by atoms with Crippen molar-refractivity contribution in [3.05, 3.63) is 140 Å². The van der Waals surface area contributed by atoms with E-state index >= 15 is 0 Å². The van der Waals surface area contributed by atoms with Crippen molar-refractivity contribution in [2.24, 2.45) is 0 Å². The van der Waals surface area contributed by atoms with Crippen molar-refractivity contribution in [2.45, 2.75) is 0 Å². The number of phenols is 2. The van der Waals surface area contributed by atoms with Gasteiger partial charge in [0.25, 0.3) is 0 Å². The number of aromatic nitrogens is 1. The zero-order valence-corrected chi connectivity index (χ0v) is 22.1. The zero-order chi connectivity index (χ0) is 27.5. The van der Waals surface area contributed by atoms with Crippen LogP contribution in [0.4, 0.5) is 0 Å². The van der Waals surface area contributed by atoms with Gasteiger partial charge in [0.15, 0.2) is 0 Å². The Morgan fingerprint density at radius 1 is 0.366 bits per heavy atom. The van der Waals surface area contributed by atoms with Crippen LogP contribution in [0.15, 0.2) is 140 Å². The van der Waals surface area contributed by atoms with Gasteiger partial charge in [-0.15, -0.1) is 0 Å². The molecule has 194 valence electrons. The highest BCUT2D eigenvalue weighted by Crippen LogP contribution is 2.45. The molecule has 0 fully saturated rings. The monoisotopic (exact) mass is 527 g/mol. The molecular weight excluding hydrogens is 502 g/mol. The van der Waals surface area contributed by atoms with Crippen molar-refractivity contribution in [2.75, 3.05) is 0 Å². The van der Waals surface area contributed by atoms with Crippen molar-refractivity contribution in [1.82, 2.24) is 4.57 Å². The van der Waals surface area contributed by atoms with Crippen LogP contribution >= 0.6 is 0 Å². The van der Waals surface area contributed by atoms with E-state index in [4.69, 9.17) is 0 Å². The minimum absolute atomic E-state index is 0.207. The van der Waals surface area contributed by atoms with Crippen LogP contribution in [0.2, 0.25) is 0 Å². The molecule has 0 aliphatic rings. The summed E-state index contributed by atoms with van der Waals surface area (Å²) in [6.45, 7) is 0. The first-order valence-corrected chi connectivity index (χ1v) is 13.7. The Kier molecular flexibility index (Phi) is 5.13. The molecule has 8 aromatic rings. The fourth-order valence-corrected chi connectivity index (χ4v) is 6.29. The molecule has 0 aliphatic carbocycles. The maximum absolute atomic E-state index is 11.4. The summed E-state index contributed by atoms with van der Waals surface area (Å²) in [5, 5.41) is 29.0. The summed E-state index contributed by atoms with van der Waals surface area (Å²) in [7, 11) is 0. The normalized spacial score (nSPS) is 11.6. The summed E-state index contributed by atoms with van der Waals surface area (Å²) in [5.74, 6) is 0.414. The highest BCUT2D eigenvalue weighted by molar-refractivity contribution is 6.14. The molecule has 0 unspecified atom stereocenters. The van der Waals surface area contributed by atoms with Gasteiger partial charge in [-0.1, -0.05) is 103 Å². The quantitative estimate of drug-likeness (QED) is 0.240. The Morgan fingerprint density at radius 2 is 0.805 bits per heavy atom. The number of hydrogen-bond acceptors (Lipinski definition) is 2. The summed E-state index contributed by atoms with van der Waals surface area (Å²) in [6, 6.07) is 46.9. The predicted octanol–water partition coefficient (Wildman–Crippen LogP) is 9.84. The van der Waals surface area contributed by atoms with E-state index in [1.54, 1.807) is 0 Å². The molecule has 0 aliphatic heterocycles. The molecule has 41 heavy (non-hydrogen) atoms. The molecule has 3 nitrogen and oxygen atoms in total. The lowest BCUT2D eigenvalue weighted by Crippen LogP contribution is -1.94. The van der Waals surface area contributed by atoms with Crippen molar-refractivity contribution in [1.29, 1.82) is 0 Å². The molecule has 8 rings (SSSR count). The van der Waals surface area contributed by atoms with E-state index in [0.717, 1.165) is 71.3 Å². The average molecular weight is 528 g/mol. The van der Waals surface area contributed by atoms with Crippen LogP contribution in [0.25, 0.3) is 71.3 Å². The zero-order valence-electron chi connectivity index (χ0n) is 22.1. The third kappa shape index (κ3) is 3.60. The number of benzene rings is 7. The topological polar surface area (TPSA) is 45.4 Å². The van der Waals surface area contributed by atoms with Crippen LogP contribution < -0.4 is 0 Å². The summed E-state index contributed by atoms with van der Waals surface area (Å²) >= 11 is 0. The molecule has 0 atom stereocenters. The van der Waals surface area contributed by atoms with Crippen LogP contribution in [-0.4, -0.2) is 14.8 Å². The van der Waals surface area contributed by atoms with E-state index in [1.165, 1.54) is 0 Å². The van der Waals surface area contributed by atoms with Crippen LogP contribution in [0.3, 0.4) is 0 Å². The third-order valence-corrected chi connectivity index (χ3v) is 8.17. The molecule has 3 heteroatoms. The maximum Gasteiger partial charge on any atom is 0.124 e. The number of rotatable bonds is 3. The van der Waals surface area contributed by atoms with Crippen LogP contribution in [0.5, 0.6) is 11.5 Å². The van der Waals surface area contributed by atoms with E-state index in [1.807, 2.05) is 66.7 Å². The van der Waals surface area contributed by atoms with Gasteiger partial charge < -0.3 is 14.8 Å². The number of hydrogen-bond donors (Lipinski definition) is 2. The van der Waals surface area contributed by atoms with Crippen LogP contribution in [-0.2, 0) is 0 Å². The van der Waals surface area contributed by atoms with Gasteiger partial charge in [-0.05, 0) is 69.1 Å². The first-order valence-electron chi connectivity index (χ1n) is 13.7. The molecule has 0 saturated heterocycles. The lowest BCUT2D eigenvalue weighted by molar-refractivity contribution is 0.477. The fraction of sp³-hybridized carbons (Fsp3) is 0. The minimum atomic E-state index is 0.207. The smallest absolute Gasteiger partial charge is 0.124 e. The second-order valence-corrected chi connectivity index (χ2v) is 10.5. The number of para-hydroxylation sites is 1. The summed E-state index contributed by atoms with van der Waals surface area (Å²) in [4.78, 5) is 0.